The van der Waals surface area contributed by atoms with Crippen molar-refractivity contribution in [2.24, 2.45) is 28.6 Å². The van der Waals surface area contributed by atoms with Crippen molar-refractivity contribution in [3.63, 3.8) is 0 Å². The summed E-state index contributed by atoms with van der Waals surface area (Å²) in [5, 5.41) is 0. The molecule has 6 atom stereocenters. The van der Waals surface area contributed by atoms with E-state index in [1.54, 1.807) is 0 Å². The lowest BCUT2D eigenvalue weighted by atomic mass is 9.45. The van der Waals surface area contributed by atoms with E-state index < -0.39 is 17.0 Å². The quantitative estimate of drug-likeness (QED) is 0.500. The molecular formula is C25H32O4. The van der Waals surface area contributed by atoms with Gasteiger partial charge in [0.05, 0.1) is 0 Å². The number of carbonyl (C=O) groups excluding carboxylic acids is 3. The Morgan fingerprint density at radius 3 is 2.41 bits per heavy atom. The SMILES string of the molecule is C=C1C[C@H]2[C@H](CC[C@@]3(C)[C@H]2CC(=C)[C@]3(OC(C)=O)C(C)=O)C2(C)CCC(=O)C=C12. The lowest BCUT2D eigenvalue weighted by Crippen LogP contribution is -2.59. The molecule has 0 spiro atoms. The molecule has 3 saturated carbocycles. The van der Waals surface area contributed by atoms with Crippen LogP contribution in [0.1, 0.15) is 66.2 Å². The highest BCUT2D eigenvalue weighted by atomic mass is 16.6. The molecule has 0 radical (unpaired) electrons. The Balaban J connectivity index is 1.79. The van der Waals surface area contributed by atoms with Crippen LogP contribution in [0.4, 0.5) is 0 Å². The fourth-order valence-electron chi connectivity index (χ4n) is 7.64. The van der Waals surface area contributed by atoms with Gasteiger partial charge in [-0.3, -0.25) is 14.4 Å². The molecular weight excluding hydrogens is 364 g/mol. The van der Waals surface area contributed by atoms with Gasteiger partial charge in [-0.05, 0) is 79.4 Å². The highest BCUT2D eigenvalue weighted by molar-refractivity contribution is 5.93. The third-order valence-electron chi connectivity index (χ3n) is 8.88. The number of allylic oxidation sites excluding steroid dienone is 2. The molecule has 4 rings (SSSR count). The molecule has 0 amide bonds. The van der Waals surface area contributed by atoms with Crippen LogP contribution in [0.25, 0.3) is 0 Å². The third kappa shape index (κ3) is 2.47. The summed E-state index contributed by atoms with van der Waals surface area (Å²) >= 11 is 0. The molecule has 4 heteroatoms. The van der Waals surface area contributed by atoms with E-state index in [0.717, 1.165) is 42.4 Å². The van der Waals surface area contributed by atoms with Gasteiger partial charge in [0.2, 0.25) is 0 Å². The van der Waals surface area contributed by atoms with Gasteiger partial charge in [-0.2, -0.15) is 0 Å². The van der Waals surface area contributed by atoms with Gasteiger partial charge in [0.15, 0.2) is 17.2 Å². The summed E-state index contributed by atoms with van der Waals surface area (Å²) in [6.45, 7) is 15.9. The summed E-state index contributed by atoms with van der Waals surface area (Å²) in [6, 6.07) is 0. The molecule has 1 unspecified atom stereocenters. The molecule has 0 aromatic carbocycles. The summed E-state index contributed by atoms with van der Waals surface area (Å²) in [6.07, 6.45) is 6.60. The number of hydrogen-bond acceptors (Lipinski definition) is 4. The first kappa shape index (κ1) is 20.3. The second-order valence-electron chi connectivity index (χ2n) is 10.2. The number of carbonyl (C=O) groups is 3. The van der Waals surface area contributed by atoms with Crippen LogP contribution in [0.3, 0.4) is 0 Å². The number of ether oxygens (including phenoxy) is 1. The van der Waals surface area contributed by atoms with E-state index in [1.807, 2.05) is 6.08 Å². The number of rotatable bonds is 2. The Morgan fingerprint density at radius 2 is 1.79 bits per heavy atom. The van der Waals surface area contributed by atoms with E-state index >= 15 is 0 Å². The van der Waals surface area contributed by atoms with Crippen molar-refractivity contribution in [3.8, 4) is 0 Å². The van der Waals surface area contributed by atoms with E-state index in [1.165, 1.54) is 13.8 Å². The van der Waals surface area contributed by atoms with Crippen molar-refractivity contribution < 1.29 is 19.1 Å². The van der Waals surface area contributed by atoms with Gasteiger partial charge in [0.25, 0.3) is 0 Å². The van der Waals surface area contributed by atoms with E-state index in [9.17, 15) is 14.4 Å². The van der Waals surface area contributed by atoms with Crippen LogP contribution >= 0.6 is 0 Å². The Bertz CT molecular complexity index is 879. The molecule has 4 aliphatic carbocycles. The zero-order chi connectivity index (χ0) is 21.4. The van der Waals surface area contributed by atoms with Gasteiger partial charge >= 0.3 is 5.97 Å². The maximum atomic E-state index is 12.9. The first-order chi connectivity index (χ1) is 13.5. The van der Waals surface area contributed by atoms with Gasteiger partial charge in [-0.15, -0.1) is 0 Å². The van der Waals surface area contributed by atoms with Crippen LogP contribution < -0.4 is 0 Å². The molecule has 0 aromatic rings. The summed E-state index contributed by atoms with van der Waals surface area (Å²) in [5.74, 6) is 0.665. The Labute approximate surface area is 173 Å². The number of ketones is 2. The molecule has 156 valence electrons. The Kier molecular flexibility index (Phi) is 4.39. The summed E-state index contributed by atoms with van der Waals surface area (Å²) in [4.78, 5) is 37.0. The van der Waals surface area contributed by atoms with Crippen molar-refractivity contribution >= 4 is 17.5 Å². The number of esters is 1. The van der Waals surface area contributed by atoms with Crippen LogP contribution in [0.15, 0.2) is 36.0 Å². The molecule has 0 aliphatic heterocycles. The Morgan fingerprint density at radius 1 is 1.10 bits per heavy atom. The minimum atomic E-state index is -1.23. The van der Waals surface area contributed by atoms with E-state index in [0.29, 0.717) is 24.7 Å². The fraction of sp³-hybridized carbons (Fsp3) is 0.640. The maximum Gasteiger partial charge on any atom is 0.303 e. The smallest absolute Gasteiger partial charge is 0.303 e. The summed E-state index contributed by atoms with van der Waals surface area (Å²) in [7, 11) is 0. The van der Waals surface area contributed by atoms with E-state index in [-0.39, 0.29) is 22.9 Å². The number of hydrogen-bond donors (Lipinski definition) is 0. The molecule has 3 fully saturated rings. The number of fused-ring (bicyclic) bond motifs is 5. The molecule has 4 nitrogen and oxygen atoms in total. The zero-order valence-electron chi connectivity index (χ0n) is 18.1. The molecule has 4 aliphatic rings. The molecule has 0 saturated heterocycles. The summed E-state index contributed by atoms with van der Waals surface area (Å²) in [5.41, 5.74) is 1.22. The van der Waals surface area contributed by atoms with Crippen LogP contribution in [0, 0.1) is 28.6 Å². The standard InChI is InChI=1S/C25H32O4/c1-14-11-19-20(23(5)9-7-18(28)13-21(14)23)8-10-24(6)22(19)12-15(2)25(24,16(3)26)29-17(4)27/h13,19-20,22H,1-2,7-12H2,3-6H3/t19-,20-,22-,23?,24-,25-/m0/s1. The molecule has 0 bridgehead atoms. The minimum Gasteiger partial charge on any atom is -0.446 e. The fourth-order valence-corrected chi connectivity index (χ4v) is 7.64. The number of Topliss-reactive ketones (excluding diaryl/α,β-unsaturated/α-hetero) is 1. The lowest BCUT2D eigenvalue weighted by molar-refractivity contribution is -0.181. The predicted octanol–water partition coefficient (Wildman–Crippen LogP) is 4.74. The lowest BCUT2D eigenvalue weighted by Gasteiger charge is -2.59. The largest absolute Gasteiger partial charge is 0.446 e. The van der Waals surface area contributed by atoms with Crippen LogP contribution in [-0.2, 0) is 19.1 Å². The van der Waals surface area contributed by atoms with Crippen molar-refractivity contribution in [1.29, 1.82) is 0 Å². The maximum absolute atomic E-state index is 12.9. The molecule has 0 heterocycles. The summed E-state index contributed by atoms with van der Waals surface area (Å²) < 4.78 is 5.83. The molecule has 0 aromatic heterocycles. The van der Waals surface area contributed by atoms with Crippen LogP contribution in [0.2, 0.25) is 0 Å². The topological polar surface area (TPSA) is 60.4 Å². The second kappa shape index (κ2) is 6.26. The van der Waals surface area contributed by atoms with Crippen molar-refractivity contribution in [2.45, 2.75) is 71.8 Å². The van der Waals surface area contributed by atoms with Crippen LogP contribution in [-0.4, -0.2) is 23.1 Å². The normalized spacial score (nSPS) is 43.8. The van der Waals surface area contributed by atoms with Gasteiger partial charge in [0, 0.05) is 18.8 Å². The molecule has 0 N–H and O–H groups in total. The first-order valence-electron chi connectivity index (χ1n) is 10.8. The second-order valence-corrected chi connectivity index (χ2v) is 10.2. The molecule has 29 heavy (non-hydrogen) atoms. The van der Waals surface area contributed by atoms with E-state index in [4.69, 9.17) is 4.74 Å². The third-order valence-corrected chi connectivity index (χ3v) is 8.88. The highest BCUT2D eigenvalue weighted by Crippen LogP contribution is 2.69. The van der Waals surface area contributed by atoms with Crippen LogP contribution in [0.5, 0.6) is 0 Å². The van der Waals surface area contributed by atoms with Gasteiger partial charge in [-0.1, -0.05) is 32.6 Å². The van der Waals surface area contributed by atoms with Crippen molar-refractivity contribution in [2.75, 3.05) is 0 Å². The van der Waals surface area contributed by atoms with Gasteiger partial charge in [-0.25, -0.2) is 0 Å². The van der Waals surface area contributed by atoms with Gasteiger partial charge < -0.3 is 4.74 Å². The monoisotopic (exact) mass is 396 g/mol. The first-order valence-corrected chi connectivity index (χ1v) is 10.8. The van der Waals surface area contributed by atoms with E-state index in [2.05, 4.69) is 27.0 Å². The average Bonchev–Trinajstić information content (AvgIpc) is 2.85. The Hall–Kier alpha value is -1.97. The highest BCUT2D eigenvalue weighted by Gasteiger charge is 2.69. The average molecular weight is 397 g/mol. The van der Waals surface area contributed by atoms with Gasteiger partial charge in [0.1, 0.15) is 0 Å². The predicted molar refractivity (Wildman–Crippen MR) is 111 cm³/mol. The minimum absolute atomic E-state index is 0.0422. The zero-order valence-corrected chi connectivity index (χ0v) is 18.1. The van der Waals surface area contributed by atoms with Crippen molar-refractivity contribution in [3.05, 3.63) is 36.0 Å². The van der Waals surface area contributed by atoms with Crippen molar-refractivity contribution in [1.82, 2.24) is 0 Å².